The van der Waals surface area contributed by atoms with E-state index in [0.29, 0.717) is 19.3 Å². The van der Waals surface area contributed by atoms with Crippen molar-refractivity contribution in [2.75, 3.05) is 24.4 Å². The van der Waals surface area contributed by atoms with E-state index < -0.39 is 26.5 Å². The molecule has 0 spiro atoms. The van der Waals surface area contributed by atoms with Crippen LogP contribution in [0.15, 0.2) is 21.3 Å². The van der Waals surface area contributed by atoms with Crippen molar-refractivity contribution >= 4 is 55.0 Å². The van der Waals surface area contributed by atoms with E-state index in [9.17, 15) is 4.79 Å². The zero-order chi connectivity index (χ0) is 24.1. The summed E-state index contributed by atoms with van der Waals surface area (Å²) in [6, 6.07) is 1.17. The summed E-state index contributed by atoms with van der Waals surface area (Å²) >= 11 is 0.159. The summed E-state index contributed by atoms with van der Waals surface area (Å²) in [5.41, 5.74) is 1.24. The number of carbonyl (C=O) groups is 1. The first-order valence-corrected chi connectivity index (χ1v) is 26.7. The second-order valence-corrected chi connectivity index (χ2v) is 32.5. The number of hydrogen-bond acceptors (Lipinski definition) is 4. The molecule has 2 atom stereocenters. The second-order valence-electron chi connectivity index (χ2n) is 10.9. The third kappa shape index (κ3) is 18.7. The van der Waals surface area contributed by atoms with Crippen LogP contribution >= 0.6 is 22.6 Å². The number of carbonyl (C=O) groups excluding carboxylic acids is 1. The van der Waals surface area contributed by atoms with Crippen molar-refractivity contribution in [2.45, 2.75) is 86.6 Å². The molecule has 182 valence electrons. The monoisotopic (exact) mass is 674 g/mol. The first kappa shape index (κ1) is 31.6. The zero-order valence-corrected chi connectivity index (χ0v) is 27.5. The third-order valence-corrected chi connectivity index (χ3v) is 15.1. The molecule has 31 heavy (non-hydrogen) atoms. The van der Waals surface area contributed by atoms with E-state index >= 15 is 0 Å². The molecule has 0 aromatic carbocycles. The van der Waals surface area contributed by atoms with Crippen LogP contribution in [0.3, 0.4) is 0 Å². The van der Waals surface area contributed by atoms with Crippen molar-refractivity contribution in [3.63, 3.8) is 0 Å². The van der Waals surface area contributed by atoms with E-state index in [1.54, 1.807) is 6.08 Å². The molecule has 4 nitrogen and oxygen atoms in total. The molecule has 0 aromatic rings. The van der Waals surface area contributed by atoms with Gasteiger partial charge in [0.1, 0.15) is 6.79 Å². The second kappa shape index (κ2) is 16.3. The normalized spacial score (nSPS) is 15.7. The summed E-state index contributed by atoms with van der Waals surface area (Å²) in [6.07, 6.45) is 7.00. The van der Waals surface area contributed by atoms with E-state index in [0.717, 1.165) is 30.3 Å². The van der Waals surface area contributed by atoms with Gasteiger partial charge in [-0.3, -0.25) is 0 Å². The van der Waals surface area contributed by atoms with E-state index in [2.05, 4.69) is 83.9 Å². The number of ether oxygens (including phenoxy) is 3. The SMILES string of the molecule is C/[C](=C/C(=O)OC(CI)C[C@@H](C)CC/C=C(\C)COCOCC[Si](C)(C)C)[Sn]([CH3])([CH3])[CH3]. The van der Waals surface area contributed by atoms with E-state index in [1.165, 1.54) is 15.2 Å². The van der Waals surface area contributed by atoms with Gasteiger partial charge in [-0.2, -0.15) is 0 Å². The third-order valence-electron chi connectivity index (χ3n) is 5.28. The molecular formula is C24H47IO4SiSn. The number of esters is 1. The first-order chi connectivity index (χ1) is 14.2. The molecule has 0 aromatic heterocycles. The molecule has 1 unspecified atom stereocenters. The van der Waals surface area contributed by atoms with Crippen LogP contribution < -0.4 is 0 Å². The molecule has 0 aliphatic heterocycles. The van der Waals surface area contributed by atoms with Crippen molar-refractivity contribution in [1.82, 2.24) is 0 Å². The molecule has 0 radical (unpaired) electrons. The van der Waals surface area contributed by atoms with Crippen molar-refractivity contribution < 1.29 is 19.0 Å². The van der Waals surface area contributed by atoms with Gasteiger partial charge in [0.15, 0.2) is 0 Å². The topological polar surface area (TPSA) is 44.8 Å². The summed E-state index contributed by atoms with van der Waals surface area (Å²) in [5, 5.41) is 0. The number of allylic oxidation sites excluding steroid dienone is 2. The van der Waals surface area contributed by atoms with Gasteiger partial charge in [0.25, 0.3) is 0 Å². The summed E-state index contributed by atoms with van der Waals surface area (Å²) in [7, 11) is -1.03. The van der Waals surface area contributed by atoms with Crippen LogP contribution in [0.4, 0.5) is 0 Å². The molecule has 0 aliphatic carbocycles. The Morgan fingerprint density at radius 3 is 2.32 bits per heavy atom. The predicted molar refractivity (Wildman–Crippen MR) is 148 cm³/mol. The predicted octanol–water partition coefficient (Wildman–Crippen LogP) is 7.24. The Bertz CT molecular complexity index is 579. The molecule has 7 heteroatoms. The van der Waals surface area contributed by atoms with Gasteiger partial charge in [-0.15, -0.1) is 0 Å². The summed E-state index contributed by atoms with van der Waals surface area (Å²) in [4.78, 5) is 19.2. The van der Waals surface area contributed by atoms with Crippen LogP contribution in [0.5, 0.6) is 0 Å². The van der Waals surface area contributed by atoms with Gasteiger partial charge in [-0.25, -0.2) is 0 Å². The van der Waals surface area contributed by atoms with Crippen molar-refractivity contribution in [2.24, 2.45) is 5.92 Å². The summed E-state index contributed by atoms with van der Waals surface area (Å²) in [6.45, 7) is 15.3. The molecule has 0 saturated carbocycles. The van der Waals surface area contributed by atoms with Crippen LogP contribution in [0.1, 0.15) is 40.0 Å². The van der Waals surface area contributed by atoms with Crippen LogP contribution in [0.2, 0.25) is 40.5 Å². The number of hydrogen-bond donors (Lipinski definition) is 0. The van der Waals surface area contributed by atoms with Crippen molar-refractivity contribution in [3.05, 3.63) is 21.3 Å². The van der Waals surface area contributed by atoms with Crippen LogP contribution in [-0.2, 0) is 19.0 Å². The van der Waals surface area contributed by atoms with Gasteiger partial charge in [-0.1, -0.05) is 19.6 Å². The fourth-order valence-electron chi connectivity index (χ4n) is 2.67. The molecule has 0 heterocycles. The molecule has 0 fully saturated rings. The molecular weight excluding hydrogens is 626 g/mol. The average Bonchev–Trinajstić information content (AvgIpc) is 2.62. The van der Waals surface area contributed by atoms with Gasteiger partial charge >= 0.3 is 156 Å². The standard InChI is InChI=1S/C21H38IO4Si.3CH3.Sn/c1-7-9-21(23)26-20(15-22)14-18(2)10-8-11-19(3)16-25-17-24-12-13-27(4,5)6;;;;/h9,11,18,20H,8,10,12-17H2,1-6H3;3*1H3;/b9-7?,19-11+;;;;/t18-,20?;;;;/m0..../s1. The molecule has 0 saturated heterocycles. The van der Waals surface area contributed by atoms with Crippen LogP contribution in [-0.4, -0.2) is 63.0 Å². The van der Waals surface area contributed by atoms with Gasteiger partial charge < -0.3 is 9.47 Å². The van der Waals surface area contributed by atoms with Crippen molar-refractivity contribution in [1.29, 1.82) is 0 Å². The summed E-state index contributed by atoms with van der Waals surface area (Å²) < 4.78 is 19.0. The Hall–Kier alpha value is 0.616. The maximum absolute atomic E-state index is 12.3. The number of rotatable bonds is 16. The molecule has 0 aliphatic rings. The minimum atomic E-state index is -2.16. The van der Waals surface area contributed by atoms with Gasteiger partial charge in [0.2, 0.25) is 0 Å². The van der Waals surface area contributed by atoms with Crippen LogP contribution in [0, 0.1) is 5.92 Å². The maximum atomic E-state index is 12.3. The van der Waals surface area contributed by atoms with Gasteiger partial charge in [-0.05, 0) is 6.04 Å². The minimum absolute atomic E-state index is 0.0102. The Kier molecular flexibility index (Phi) is 16.6. The quantitative estimate of drug-likeness (QED) is 0.0254. The van der Waals surface area contributed by atoms with Gasteiger partial charge in [0, 0.05) is 14.7 Å². The van der Waals surface area contributed by atoms with E-state index in [4.69, 9.17) is 14.2 Å². The zero-order valence-electron chi connectivity index (χ0n) is 21.5. The Balaban J connectivity index is 4.18. The molecule has 0 N–H and O–H groups in total. The Labute approximate surface area is 211 Å². The molecule has 0 bridgehead atoms. The summed E-state index contributed by atoms with van der Waals surface area (Å²) in [5.74, 6) is 0.340. The number of alkyl halides is 1. The fourth-order valence-corrected chi connectivity index (χ4v) is 5.54. The average molecular weight is 673 g/mol. The Morgan fingerprint density at radius 1 is 1.13 bits per heavy atom. The van der Waals surface area contributed by atoms with E-state index in [-0.39, 0.29) is 12.1 Å². The molecule has 0 rings (SSSR count). The van der Waals surface area contributed by atoms with E-state index in [1.807, 2.05) is 0 Å². The van der Waals surface area contributed by atoms with Gasteiger partial charge in [0.05, 0.1) is 0 Å². The molecule has 0 amide bonds. The van der Waals surface area contributed by atoms with Crippen LogP contribution in [0.25, 0.3) is 0 Å². The van der Waals surface area contributed by atoms with Crippen molar-refractivity contribution in [3.8, 4) is 0 Å². The Morgan fingerprint density at radius 2 is 1.77 bits per heavy atom. The first-order valence-electron chi connectivity index (χ1n) is 11.5. The fraction of sp³-hybridized carbons (Fsp3) is 0.792. The number of halogens is 1.